The number of methoxy groups -OCH3 is 1. The number of carbonyl (C=O) groups is 2. The standard InChI is InChI=1S/C19H27NO5/c1-3-24-19(22)15-6-4-12-20(14-15)18(21)7-5-13-25-17-10-8-16(23-2)9-11-17/h8-11,15H,3-7,12-14H2,1-2H3/t15-/m1/s1. The molecule has 1 aliphatic heterocycles. The van der Waals surface area contributed by atoms with Crippen molar-refractivity contribution in [3.63, 3.8) is 0 Å². The molecule has 138 valence electrons. The summed E-state index contributed by atoms with van der Waals surface area (Å²) in [6.45, 7) is 3.84. The minimum atomic E-state index is -0.192. The number of amides is 1. The third kappa shape index (κ3) is 5.96. The van der Waals surface area contributed by atoms with Crippen LogP contribution in [0.5, 0.6) is 11.5 Å². The summed E-state index contributed by atoms with van der Waals surface area (Å²) in [5, 5.41) is 0. The molecule has 6 nitrogen and oxygen atoms in total. The molecule has 1 fully saturated rings. The van der Waals surface area contributed by atoms with Crippen LogP contribution in [0.15, 0.2) is 24.3 Å². The van der Waals surface area contributed by atoms with Crippen LogP contribution in [0.1, 0.15) is 32.6 Å². The van der Waals surface area contributed by atoms with Gasteiger partial charge in [-0.15, -0.1) is 0 Å². The van der Waals surface area contributed by atoms with Crippen LogP contribution in [-0.2, 0) is 14.3 Å². The molecular formula is C19H27NO5. The normalized spacial score (nSPS) is 17.0. The van der Waals surface area contributed by atoms with Crippen LogP contribution in [0.3, 0.4) is 0 Å². The number of ether oxygens (including phenoxy) is 3. The maximum atomic E-state index is 12.3. The molecule has 0 N–H and O–H groups in total. The van der Waals surface area contributed by atoms with E-state index in [-0.39, 0.29) is 17.8 Å². The molecule has 1 saturated heterocycles. The maximum Gasteiger partial charge on any atom is 0.310 e. The van der Waals surface area contributed by atoms with Gasteiger partial charge in [-0.05, 0) is 50.5 Å². The Morgan fingerprint density at radius 1 is 1.20 bits per heavy atom. The van der Waals surface area contributed by atoms with E-state index in [9.17, 15) is 9.59 Å². The molecule has 1 atom stereocenters. The summed E-state index contributed by atoms with van der Waals surface area (Å²) >= 11 is 0. The van der Waals surface area contributed by atoms with Gasteiger partial charge in [0.15, 0.2) is 0 Å². The quantitative estimate of drug-likeness (QED) is 0.533. The molecule has 0 saturated carbocycles. The van der Waals surface area contributed by atoms with Crippen LogP contribution in [0, 0.1) is 5.92 Å². The molecule has 25 heavy (non-hydrogen) atoms. The second-order valence-corrected chi connectivity index (χ2v) is 6.06. The predicted octanol–water partition coefficient (Wildman–Crippen LogP) is 2.66. The molecule has 0 spiro atoms. The SMILES string of the molecule is CCOC(=O)[C@@H]1CCCN(C(=O)CCCOc2ccc(OC)cc2)C1. The molecule has 1 aliphatic rings. The minimum Gasteiger partial charge on any atom is -0.497 e. The van der Waals surface area contributed by atoms with Gasteiger partial charge in [0.2, 0.25) is 5.91 Å². The third-order valence-electron chi connectivity index (χ3n) is 4.26. The highest BCUT2D eigenvalue weighted by molar-refractivity contribution is 5.78. The summed E-state index contributed by atoms with van der Waals surface area (Å²) in [5.41, 5.74) is 0. The van der Waals surface area contributed by atoms with Gasteiger partial charge in [-0.2, -0.15) is 0 Å². The Labute approximate surface area is 149 Å². The molecule has 2 rings (SSSR count). The van der Waals surface area contributed by atoms with E-state index in [1.54, 1.807) is 18.9 Å². The highest BCUT2D eigenvalue weighted by Crippen LogP contribution is 2.20. The molecule has 6 heteroatoms. The first-order valence-corrected chi connectivity index (χ1v) is 8.85. The number of rotatable bonds is 8. The van der Waals surface area contributed by atoms with Crippen molar-refractivity contribution >= 4 is 11.9 Å². The Morgan fingerprint density at radius 2 is 1.92 bits per heavy atom. The fraction of sp³-hybridized carbons (Fsp3) is 0.579. The van der Waals surface area contributed by atoms with Crippen molar-refractivity contribution in [1.82, 2.24) is 4.90 Å². The van der Waals surface area contributed by atoms with Crippen LogP contribution in [0.25, 0.3) is 0 Å². The fourth-order valence-electron chi connectivity index (χ4n) is 2.90. The molecule has 0 radical (unpaired) electrons. The van der Waals surface area contributed by atoms with Gasteiger partial charge in [0.05, 0.1) is 26.2 Å². The van der Waals surface area contributed by atoms with Crippen LogP contribution < -0.4 is 9.47 Å². The van der Waals surface area contributed by atoms with Crippen LogP contribution >= 0.6 is 0 Å². The van der Waals surface area contributed by atoms with Crippen molar-refractivity contribution in [2.45, 2.75) is 32.6 Å². The van der Waals surface area contributed by atoms with E-state index in [4.69, 9.17) is 14.2 Å². The average molecular weight is 349 g/mol. The van der Waals surface area contributed by atoms with E-state index in [0.29, 0.717) is 39.1 Å². The van der Waals surface area contributed by atoms with Crippen molar-refractivity contribution in [3.05, 3.63) is 24.3 Å². The van der Waals surface area contributed by atoms with Gasteiger partial charge in [0, 0.05) is 19.5 Å². The number of benzene rings is 1. The molecular weight excluding hydrogens is 322 g/mol. The Bertz CT molecular complexity index is 557. The summed E-state index contributed by atoms with van der Waals surface area (Å²) in [4.78, 5) is 25.9. The van der Waals surface area contributed by atoms with E-state index in [1.165, 1.54) is 0 Å². The molecule has 0 aromatic heterocycles. The maximum absolute atomic E-state index is 12.3. The minimum absolute atomic E-state index is 0.0762. The topological polar surface area (TPSA) is 65.1 Å². The zero-order valence-corrected chi connectivity index (χ0v) is 15.0. The second kappa shape index (κ2) is 9.91. The van der Waals surface area contributed by atoms with Gasteiger partial charge in [0.25, 0.3) is 0 Å². The van der Waals surface area contributed by atoms with Gasteiger partial charge >= 0.3 is 5.97 Å². The summed E-state index contributed by atoms with van der Waals surface area (Å²) in [6.07, 6.45) is 2.71. The lowest BCUT2D eigenvalue weighted by Crippen LogP contribution is -2.42. The van der Waals surface area contributed by atoms with Crippen molar-refractivity contribution < 1.29 is 23.8 Å². The number of piperidine rings is 1. The number of nitrogens with zero attached hydrogens (tertiary/aromatic N) is 1. The number of hydrogen-bond donors (Lipinski definition) is 0. The molecule has 1 aromatic carbocycles. The van der Waals surface area contributed by atoms with Gasteiger partial charge in [0.1, 0.15) is 11.5 Å². The summed E-state index contributed by atoms with van der Waals surface area (Å²) in [5.74, 6) is 1.24. The zero-order valence-electron chi connectivity index (χ0n) is 15.0. The molecule has 1 amide bonds. The number of esters is 1. The first-order valence-electron chi connectivity index (χ1n) is 8.85. The van der Waals surface area contributed by atoms with Crippen molar-refractivity contribution in [3.8, 4) is 11.5 Å². The fourth-order valence-corrected chi connectivity index (χ4v) is 2.90. The molecule has 1 heterocycles. The Kier molecular flexibility index (Phi) is 7.57. The third-order valence-corrected chi connectivity index (χ3v) is 4.26. The monoisotopic (exact) mass is 349 g/mol. The van der Waals surface area contributed by atoms with Crippen LogP contribution in [0.4, 0.5) is 0 Å². The van der Waals surface area contributed by atoms with E-state index >= 15 is 0 Å². The van der Waals surface area contributed by atoms with Crippen molar-refractivity contribution in [2.24, 2.45) is 5.92 Å². The lowest BCUT2D eigenvalue weighted by atomic mass is 9.98. The summed E-state index contributed by atoms with van der Waals surface area (Å²) < 4.78 is 15.8. The van der Waals surface area contributed by atoms with Crippen LogP contribution in [-0.4, -0.2) is 50.2 Å². The van der Waals surface area contributed by atoms with Crippen molar-refractivity contribution in [1.29, 1.82) is 0 Å². The van der Waals surface area contributed by atoms with Gasteiger partial charge in [-0.3, -0.25) is 9.59 Å². The van der Waals surface area contributed by atoms with Gasteiger partial charge in [-0.1, -0.05) is 0 Å². The smallest absolute Gasteiger partial charge is 0.310 e. The average Bonchev–Trinajstić information content (AvgIpc) is 2.66. The van der Waals surface area contributed by atoms with Crippen LogP contribution in [0.2, 0.25) is 0 Å². The van der Waals surface area contributed by atoms with E-state index in [1.807, 2.05) is 24.3 Å². The Hall–Kier alpha value is -2.24. The lowest BCUT2D eigenvalue weighted by Gasteiger charge is -2.31. The Morgan fingerprint density at radius 3 is 2.60 bits per heavy atom. The number of hydrogen-bond acceptors (Lipinski definition) is 5. The summed E-state index contributed by atoms with van der Waals surface area (Å²) in [6, 6.07) is 7.36. The highest BCUT2D eigenvalue weighted by Gasteiger charge is 2.28. The number of likely N-dealkylation sites (tertiary alicyclic amines) is 1. The molecule has 1 aromatic rings. The first kappa shape index (κ1) is 19.1. The first-order chi connectivity index (χ1) is 12.1. The summed E-state index contributed by atoms with van der Waals surface area (Å²) in [7, 11) is 1.62. The molecule has 0 bridgehead atoms. The van der Waals surface area contributed by atoms with E-state index < -0.39 is 0 Å². The molecule has 0 aliphatic carbocycles. The van der Waals surface area contributed by atoms with E-state index in [2.05, 4.69) is 0 Å². The van der Waals surface area contributed by atoms with Gasteiger partial charge < -0.3 is 19.1 Å². The van der Waals surface area contributed by atoms with Crippen molar-refractivity contribution in [2.75, 3.05) is 33.4 Å². The van der Waals surface area contributed by atoms with Gasteiger partial charge in [-0.25, -0.2) is 0 Å². The number of carbonyl (C=O) groups excluding carboxylic acids is 2. The second-order valence-electron chi connectivity index (χ2n) is 6.06. The lowest BCUT2D eigenvalue weighted by molar-refractivity contribution is -0.151. The zero-order chi connectivity index (χ0) is 18.1. The largest absolute Gasteiger partial charge is 0.497 e. The molecule has 0 unspecified atom stereocenters. The highest BCUT2D eigenvalue weighted by atomic mass is 16.5. The van der Waals surface area contributed by atoms with E-state index in [0.717, 1.165) is 24.3 Å². The Balaban J connectivity index is 1.69. The predicted molar refractivity (Wildman–Crippen MR) is 93.7 cm³/mol.